The molecule has 29 heavy (non-hydrogen) atoms. The number of fused-ring (bicyclic) bond motifs is 1. The number of unbranched alkanes of at least 4 members (excludes halogenated alkanes) is 3. The van der Waals surface area contributed by atoms with Gasteiger partial charge in [-0.25, -0.2) is 4.79 Å². The Morgan fingerprint density at radius 3 is 2.52 bits per heavy atom. The minimum absolute atomic E-state index is 0.143. The van der Waals surface area contributed by atoms with Crippen LogP contribution in [0.5, 0.6) is 0 Å². The molecule has 1 aromatic rings. The fourth-order valence-electron chi connectivity index (χ4n) is 3.20. The minimum atomic E-state index is -0.956. The number of hydrogen-bond acceptors (Lipinski definition) is 8. The Morgan fingerprint density at radius 2 is 1.90 bits per heavy atom. The van der Waals surface area contributed by atoms with Crippen LogP contribution in [0, 0.1) is 0 Å². The molecule has 1 aliphatic rings. The van der Waals surface area contributed by atoms with Crippen LogP contribution in [0.25, 0.3) is 0 Å². The van der Waals surface area contributed by atoms with Gasteiger partial charge >= 0.3 is 17.9 Å². The Hall–Kier alpha value is -2.39. The highest BCUT2D eigenvalue weighted by molar-refractivity contribution is 5.90. The fraction of sp³-hybridized carbons (Fsp3) is 0.650. The highest BCUT2D eigenvalue weighted by Gasteiger charge is 2.43. The molecule has 0 fully saturated rings. The molecule has 3 atom stereocenters. The first-order valence-electron chi connectivity index (χ1n) is 9.76. The summed E-state index contributed by atoms with van der Waals surface area (Å²) in [4.78, 5) is 38.1. The van der Waals surface area contributed by atoms with Gasteiger partial charge < -0.3 is 28.7 Å². The van der Waals surface area contributed by atoms with Crippen LogP contribution in [0.2, 0.25) is 0 Å². The van der Waals surface area contributed by atoms with E-state index in [1.54, 1.807) is 6.20 Å². The Labute approximate surface area is 170 Å². The molecule has 0 aliphatic carbocycles. The summed E-state index contributed by atoms with van der Waals surface area (Å²) < 4.78 is 27.2. The maximum Gasteiger partial charge on any atom is 0.354 e. The summed E-state index contributed by atoms with van der Waals surface area (Å²) in [5.74, 6) is -1.67. The lowest BCUT2D eigenvalue weighted by Crippen LogP contribution is -2.38. The van der Waals surface area contributed by atoms with Crippen molar-refractivity contribution in [1.29, 1.82) is 0 Å². The third-order valence-electron chi connectivity index (χ3n) is 4.53. The predicted molar refractivity (Wildman–Crippen MR) is 101 cm³/mol. The maximum atomic E-state index is 12.2. The quantitative estimate of drug-likeness (QED) is 0.355. The zero-order valence-corrected chi connectivity index (χ0v) is 17.3. The number of methoxy groups -OCH3 is 1. The average Bonchev–Trinajstić information content (AvgIpc) is 3.12. The zero-order valence-electron chi connectivity index (χ0n) is 17.3. The van der Waals surface area contributed by atoms with E-state index in [-0.39, 0.29) is 12.3 Å². The van der Waals surface area contributed by atoms with Gasteiger partial charge in [0.2, 0.25) is 0 Å². The fourth-order valence-corrected chi connectivity index (χ4v) is 3.20. The Morgan fingerprint density at radius 1 is 1.14 bits per heavy atom. The van der Waals surface area contributed by atoms with Crippen molar-refractivity contribution in [1.82, 2.24) is 4.98 Å². The van der Waals surface area contributed by atoms with Crippen LogP contribution in [0.15, 0.2) is 6.20 Å². The highest BCUT2D eigenvalue weighted by Crippen LogP contribution is 2.41. The van der Waals surface area contributed by atoms with E-state index >= 15 is 0 Å². The molecule has 0 aromatic carbocycles. The van der Waals surface area contributed by atoms with Crippen LogP contribution in [0.4, 0.5) is 0 Å². The van der Waals surface area contributed by atoms with Crippen LogP contribution in [0.3, 0.4) is 0 Å². The first-order valence-corrected chi connectivity index (χ1v) is 9.76. The van der Waals surface area contributed by atoms with Crippen molar-refractivity contribution in [3.05, 3.63) is 23.0 Å². The second-order valence-electron chi connectivity index (χ2n) is 6.79. The smallest absolute Gasteiger partial charge is 0.354 e. The summed E-state index contributed by atoms with van der Waals surface area (Å²) in [5.41, 5.74) is 1.10. The topological polar surface area (TPSA) is 113 Å². The number of ether oxygens (including phenoxy) is 5. The first kappa shape index (κ1) is 22.9. The summed E-state index contributed by atoms with van der Waals surface area (Å²) in [6, 6.07) is 0. The third kappa shape index (κ3) is 6.04. The van der Waals surface area contributed by atoms with Crippen LogP contribution >= 0.6 is 0 Å². The Balaban J connectivity index is 2.32. The van der Waals surface area contributed by atoms with E-state index in [9.17, 15) is 14.4 Å². The molecule has 9 heteroatoms. The van der Waals surface area contributed by atoms with Gasteiger partial charge in [0.15, 0.2) is 12.4 Å². The van der Waals surface area contributed by atoms with E-state index < -0.39 is 36.4 Å². The van der Waals surface area contributed by atoms with Gasteiger partial charge in [-0.15, -0.1) is 0 Å². The standard InChI is InChI=1S/C20H29NO8/c1-5-6-7-8-9-26-20-14-10-21-17(19(24)25-4)16(14)18(28-13(3)23)15(29-20)11-27-12(2)22/h10,15,18,20-21H,5-9,11H2,1-4H3/t15-,18-,20+/m1/s1. The second kappa shape index (κ2) is 11.0. The van der Waals surface area contributed by atoms with E-state index in [2.05, 4.69) is 11.9 Å². The molecule has 1 N–H and O–H groups in total. The number of aromatic amines is 1. The number of aromatic nitrogens is 1. The van der Waals surface area contributed by atoms with E-state index in [4.69, 9.17) is 23.7 Å². The molecule has 0 spiro atoms. The van der Waals surface area contributed by atoms with Crippen LogP contribution in [-0.4, -0.2) is 49.3 Å². The second-order valence-corrected chi connectivity index (χ2v) is 6.79. The number of esters is 3. The van der Waals surface area contributed by atoms with Crippen molar-refractivity contribution in [2.75, 3.05) is 20.3 Å². The molecule has 1 aromatic heterocycles. The summed E-state index contributed by atoms with van der Waals surface area (Å²) in [6.45, 7) is 4.95. The van der Waals surface area contributed by atoms with Gasteiger partial charge in [0, 0.05) is 31.2 Å². The largest absolute Gasteiger partial charge is 0.464 e. The van der Waals surface area contributed by atoms with E-state index in [1.807, 2.05) is 0 Å². The number of carbonyl (C=O) groups excluding carboxylic acids is 3. The Bertz CT molecular complexity index is 713. The molecule has 0 amide bonds. The van der Waals surface area contributed by atoms with Gasteiger partial charge in [-0.2, -0.15) is 0 Å². The van der Waals surface area contributed by atoms with Crippen molar-refractivity contribution in [3.8, 4) is 0 Å². The van der Waals surface area contributed by atoms with Gasteiger partial charge in [-0.1, -0.05) is 26.2 Å². The lowest BCUT2D eigenvalue weighted by molar-refractivity contribution is -0.228. The lowest BCUT2D eigenvalue weighted by atomic mass is 9.96. The summed E-state index contributed by atoms with van der Waals surface area (Å²) in [6.07, 6.45) is 3.10. The molecule has 0 bridgehead atoms. The first-order chi connectivity index (χ1) is 13.9. The van der Waals surface area contributed by atoms with Gasteiger partial charge in [0.25, 0.3) is 0 Å². The average molecular weight is 411 g/mol. The molecule has 0 radical (unpaired) electrons. The normalized spacial score (nSPS) is 20.6. The molecule has 162 valence electrons. The zero-order chi connectivity index (χ0) is 21.4. The van der Waals surface area contributed by atoms with E-state index in [0.717, 1.165) is 25.7 Å². The highest BCUT2D eigenvalue weighted by atomic mass is 16.7. The van der Waals surface area contributed by atoms with Crippen LogP contribution < -0.4 is 0 Å². The van der Waals surface area contributed by atoms with Crippen molar-refractivity contribution in [2.24, 2.45) is 0 Å². The number of rotatable bonds is 10. The third-order valence-corrected chi connectivity index (χ3v) is 4.53. The molecule has 9 nitrogen and oxygen atoms in total. The predicted octanol–water partition coefficient (Wildman–Crippen LogP) is 2.96. The number of H-pyrrole nitrogens is 1. The lowest BCUT2D eigenvalue weighted by Gasteiger charge is -2.35. The van der Waals surface area contributed by atoms with Crippen molar-refractivity contribution in [3.63, 3.8) is 0 Å². The number of nitrogens with one attached hydrogen (secondary N) is 1. The molecule has 1 aliphatic heterocycles. The SMILES string of the molecule is CCCCCCO[C@H]1O[C@H](COC(C)=O)[C@@H](OC(C)=O)c2c1c[nH]c2C(=O)OC. The van der Waals surface area contributed by atoms with Crippen molar-refractivity contribution in [2.45, 2.75) is 65.0 Å². The van der Waals surface area contributed by atoms with E-state index in [1.165, 1.54) is 21.0 Å². The van der Waals surface area contributed by atoms with Crippen molar-refractivity contribution < 1.29 is 38.1 Å². The summed E-state index contributed by atoms with van der Waals surface area (Å²) in [7, 11) is 1.26. The van der Waals surface area contributed by atoms with Gasteiger partial charge in [0.05, 0.1) is 13.7 Å². The van der Waals surface area contributed by atoms with Gasteiger partial charge in [-0.05, 0) is 6.42 Å². The maximum absolute atomic E-state index is 12.2. The number of hydrogen-bond donors (Lipinski definition) is 1. The molecule has 0 saturated carbocycles. The molecule has 0 saturated heterocycles. The molecular formula is C20H29NO8. The molecule has 2 rings (SSSR count). The van der Waals surface area contributed by atoms with Gasteiger partial charge in [-0.3, -0.25) is 9.59 Å². The monoisotopic (exact) mass is 411 g/mol. The van der Waals surface area contributed by atoms with Crippen LogP contribution in [-0.2, 0) is 33.3 Å². The minimum Gasteiger partial charge on any atom is -0.464 e. The molecule has 2 heterocycles. The molecular weight excluding hydrogens is 382 g/mol. The van der Waals surface area contributed by atoms with E-state index in [0.29, 0.717) is 17.7 Å². The van der Waals surface area contributed by atoms with Gasteiger partial charge in [0.1, 0.15) is 18.4 Å². The number of carbonyl (C=O) groups is 3. The van der Waals surface area contributed by atoms with Crippen molar-refractivity contribution >= 4 is 17.9 Å². The Kier molecular flexibility index (Phi) is 8.66. The summed E-state index contributed by atoms with van der Waals surface area (Å²) >= 11 is 0. The van der Waals surface area contributed by atoms with Crippen LogP contribution in [0.1, 0.15) is 80.5 Å². The summed E-state index contributed by atoms with van der Waals surface area (Å²) in [5, 5.41) is 0. The molecule has 0 unspecified atom stereocenters.